The van der Waals surface area contributed by atoms with Gasteiger partial charge in [0.15, 0.2) is 0 Å². The molecular formula is C12H19NOS. The first-order chi connectivity index (χ1) is 7.13. The van der Waals surface area contributed by atoms with Crippen LogP contribution in [0.3, 0.4) is 0 Å². The fourth-order valence-electron chi connectivity index (χ4n) is 1.50. The Morgan fingerprint density at radius 3 is 2.73 bits per heavy atom. The van der Waals surface area contributed by atoms with Crippen molar-refractivity contribution in [2.45, 2.75) is 39.7 Å². The van der Waals surface area contributed by atoms with Crippen LogP contribution >= 0.6 is 11.3 Å². The van der Waals surface area contributed by atoms with Crippen LogP contribution in [0.5, 0.6) is 0 Å². The van der Waals surface area contributed by atoms with Gasteiger partial charge >= 0.3 is 0 Å². The molecule has 0 aliphatic rings. The quantitative estimate of drug-likeness (QED) is 0.818. The van der Waals surface area contributed by atoms with Crippen LogP contribution in [-0.4, -0.2) is 5.91 Å². The summed E-state index contributed by atoms with van der Waals surface area (Å²) in [7, 11) is 0. The first kappa shape index (κ1) is 12.2. The van der Waals surface area contributed by atoms with Crippen molar-refractivity contribution in [3.63, 3.8) is 0 Å². The average molecular weight is 225 g/mol. The van der Waals surface area contributed by atoms with E-state index in [1.165, 1.54) is 4.88 Å². The summed E-state index contributed by atoms with van der Waals surface area (Å²) >= 11 is 1.71. The number of carbonyl (C=O) groups excluding carboxylic acids is 1. The molecule has 0 aliphatic carbocycles. The van der Waals surface area contributed by atoms with Crippen LogP contribution in [0.2, 0.25) is 0 Å². The Balaban J connectivity index is 2.65. The van der Waals surface area contributed by atoms with Crippen molar-refractivity contribution in [1.29, 1.82) is 0 Å². The molecule has 0 saturated carbocycles. The second kappa shape index (κ2) is 5.91. The maximum absolute atomic E-state index is 11.4. The molecule has 0 bridgehead atoms. The second-order valence-corrected chi connectivity index (χ2v) is 5.10. The lowest BCUT2D eigenvalue weighted by molar-refractivity contribution is -0.121. The van der Waals surface area contributed by atoms with E-state index >= 15 is 0 Å². The third-order valence-corrected chi connectivity index (χ3v) is 3.24. The molecule has 0 aliphatic heterocycles. The first-order valence-electron chi connectivity index (χ1n) is 5.46. The molecule has 1 N–H and O–H groups in total. The lowest BCUT2D eigenvalue weighted by Gasteiger charge is -2.19. The van der Waals surface area contributed by atoms with E-state index < -0.39 is 0 Å². The number of hydrogen-bond donors (Lipinski definition) is 1. The van der Waals surface area contributed by atoms with Crippen LogP contribution in [0.4, 0.5) is 0 Å². The molecule has 15 heavy (non-hydrogen) atoms. The molecule has 1 aromatic heterocycles. The molecule has 1 heterocycles. The van der Waals surface area contributed by atoms with Crippen LogP contribution in [0, 0.1) is 5.92 Å². The van der Waals surface area contributed by atoms with Gasteiger partial charge in [0.25, 0.3) is 0 Å². The van der Waals surface area contributed by atoms with E-state index in [0.717, 1.165) is 6.42 Å². The summed E-state index contributed by atoms with van der Waals surface area (Å²) in [6, 6.07) is 4.32. The van der Waals surface area contributed by atoms with E-state index in [4.69, 9.17) is 0 Å². The molecule has 0 spiro atoms. The van der Waals surface area contributed by atoms with Crippen molar-refractivity contribution in [1.82, 2.24) is 5.32 Å². The Morgan fingerprint density at radius 1 is 1.53 bits per heavy atom. The molecule has 1 aromatic rings. The van der Waals surface area contributed by atoms with Gasteiger partial charge in [-0.05, 0) is 23.8 Å². The molecule has 0 aromatic carbocycles. The molecule has 2 nitrogen and oxygen atoms in total. The summed E-state index contributed by atoms with van der Waals surface area (Å²) in [4.78, 5) is 12.6. The highest BCUT2D eigenvalue weighted by Crippen LogP contribution is 2.25. The van der Waals surface area contributed by atoms with E-state index in [-0.39, 0.29) is 11.9 Å². The number of carbonyl (C=O) groups is 1. The van der Waals surface area contributed by atoms with Gasteiger partial charge in [-0.25, -0.2) is 0 Å². The summed E-state index contributed by atoms with van der Waals surface area (Å²) in [5, 5.41) is 5.13. The molecule has 1 amide bonds. The topological polar surface area (TPSA) is 29.1 Å². The highest BCUT2D eigenvalue weighted by Gasteiger charge is 2.15. The number of rotatable bonds is 5. The van der Waals surface area contributed by atoms with Crippen molar-refractivity contribution in [3.8, 4) is 0 Å². The second-order valence-electron chi connectivity index (χ2n) is 4.12. The predicted octanol–water partition coefficient (Wildman–Crippen LogP) is 3.36. The molecule has 3 heteroatoms. The van der Waals surface area contributed by atoms with Crippen LogP contribution in [0.15, 0.2) is 17.5 Å². The summed E-state index contributed by atoms with van der Waals surface area (Å²) in [5.41, 5.74) is 0. The standard InChI is InChI=1S/C12H19NOS/c1-4-12(14)13-10(8-9(2)3)11-6-5-7-15-11/h5-7,9-10H,4,8H2,1-3H3,(H,13,14)/t10-/m0/s1. The molecule has 84 valence electrons. The average Bonchev–Trinajstić information content (AvgIpc) is 2.68. The normalized spacial score (nSPS) is 12.8. The van der Waals surface area contributed by atoms with Gasteiger partial charge < -0.3 is 5.32 Å². The largest absolute Gasteiger partial charge is 0.348 e. The van der Waals surface area contributed by atoms with Crippen molar-refractivity contribution in [2.75, 3.05) is 0 Å². The highest BCUT2D eigenvalue weighted by molar-refractivity contribution is 7.10. The number of amides is 1. The van der Waals surface area contributed by atoms with E-state index in [9.17, 15) is 4.79 Å². The van der Waals surface area contributed by atoms with Crippen molar-refractivity contribution < 1.29 is 4.79 Å². The zero-order valence-electron chi connectivity index (χ0n) is 9.62. The van der Waals surface area contributed by atoms with Gasteiger partial charge in [0.2, 0.25) is 5.91 Å². The maximum Gasteiger partial charge on any atom is 0.220 e. The summed E-state index contributed by atoms with van der Waals surface area (Å²) < 4.78 is 0. The predicted molar refractivity (Wildman–Crippen MR) is 64.9 cm³/mol. The molecule has 1 rings (SSSR count). The molecular weight excluding hydrogens is 206 g/mol. The fourth-order valence-corrected chi connectivity index (χ4v) is 2.29. The molecule has 0 radical (unpaired) electrons. The summed E-state index contributed by atoms with van der Waals surface area (Å²) in [6.45, 7) is 6.24. The van der Waals surface area contributed by atoms with Crippen molar-refractivity contribution in [2.24, 2.45) is 5.92 Å². The minimum Gasteiger partial charge on any atom is -0.348 e. The first-order valence-corrected chi connectivity index (χ1v) is 6.34. The lowest BCUT2D eigenvalue weighted by atomic mass is 10.0. The Hall–Kier alpha value is -0.830. The van der Waals surface area contributed by atoms with Crippen molar-refractivity contribution >= 4 is 17.2 Å². The number of thiophene rings is 1. The molecule has 0 saturated heterocycles. The molecule has 0 fully saturated rings. The van der Waals surface area contributed by atoms with Crippen molar-refractivity contribution in [3.05, 3.63) is 22.4 Å². The van der Waals surface area contributed by atoms with E-state index in [2.05, 4.69) is 30.6 Å². The van der Waals surface area contributed by atoms with Gasteiger partial charge in [0, 0.05) is 11.3 Å². The Morgan fingerprint density at radius 2 is 2.27 bits per heavy atom. The Bertz CT molecular complexity index is 293. The van der Waals surface area contributed by atoms with Crippen LogP contribution in [-0.2, 0) is 4.79 Å². The van der Waals surface area contributed by atoms with Crippen LogP contribution in [0.25, 0.3) is 0 Å². The van der Waals surface area contributed by atoms with Gasteiger partial charge in [-0.3, -0.25) is 4.79 Å². The highest BCUT2D eigenvalue weighted by atomic mass is 32.1. The minimum atomic E-state index is 0.133. The van der Waals surface area contributed by atoms with E-state index in [0.29, 0.717) is 12.3 Å². The zero-order valence-corrected chi connectivity index (χ0v) is 10.4. The Labute approximate surface area is 95.7 Å². The maximum atomic E-state index is 11.4. The zero-order chi connectivity index (χ0) is 11.3. The lowest BCUT2D eigenvalue weighted by Crippen LogP contribution is -2.28. The van der Waals surface area contributed by atoms with E-state index in [1.807, 2.05) is 13.0 Å². The SMILES string of the molecule is CCC(=O)N[C@@H](CC(C)C)c1cccs1. The number of hydrogen-bond acceptors (Lipinski definition) is 2. The third-order valence-electron chi connectivity index (χ3n) is 2.25. The van der Waals surface area contributed by atoms with Gasteiger partial charge in [-0.1, -0.05) is 26.8 Å². The minimum absolute atomic E-state index is 0.133. The van der Waals surface area contributed by atoms with Gasteiger partial charge in [-0.15, -0.1) is 11.3 Å². The smallest absolute Gasteiger partial charge is 0.220 e. The van der Waals surface area contributed by atoms with Crippen LogP contribution in [0.1, 0.15) is 44.5 Å². The van der Waals surface area contributed by atoms with Crippen LogP contribution < -0.4 is 5.32 Å². The van der Waals surface area contributed by atoms with E-state index in [1.54, 1.807) is 11.3 Å². The van der Waals surface area contributed by atoms with Gasteiger partial charge in [0.05, 0.1) is 6.04 Å². The summed E-state index contributed by atoms with van der Waals surface area (Å²) in [6.07, 6.45) is 1.56. The number of nitrogens with one attached hydrogen (secondary N) is 1. The monoisotopic (exact) mass is 225 g/mol. The van der Waals surface area contributed by atoms with Gasteiger partial charge in [-0.2, -0.15) is 0 Å². The Kier molecular flexibility index (Phi) is 4.82. The molecule has 1 atom stereocenters. The fraction of sp³-hybridized carbons (Fsp3) is 0.583. The van der Waals surface area contributed by atoms with Gasteiger partial charge in [0.1, 0.15) is 0 Å². The molecule has 0 unspecified atom stereocenters. The summed E-state index contributed by atoms with van der Waals surface area (Å²) in [5.74, 6) is 0.725. The third kappa shape index (κ3) is 4.04.